The average molecular weight is 522 g/mol. The van der Waals surface area contributed by atoms with Crippen LogP contribution in [-0.2, 0) is 6.54 Å². The van der Waals surface area contributed by atoms with E-state index in [2.05, 4.69) is 25.6 Å². The van der Waals surface area contributed by atoms with Crippen molar-refractivity contribution in [3.63, 3.8) is 0 Å². The van der Waals surface area contributed by atoms with Crippen molar-refractivity contribution in [1.82, 2.24) is 19.9 Å². The summed E-state index contributed by atoms with van der Waals surface area (Å²) in [5.41, 5.74) is 1.89. The molecule has 0 atom stereocenters. The number of anilines is 1. The molecule has 2 N–H and O–H groups in total. The van der Waals surface area contributed by atoms with E-state index in [1.165, 1.54) is 0 Å². The largest absolute Gasteiger partial charge is 0.493 e. The normalized spacial score (nSPS) is 10.9. The van der Waals surface area contributed by atoms with Crippen molar-refractivity contribution in [3.05, 3.63) is 60.3 Å². The molecule has 2 aromatic heterocycles. The standard InChI is InChI=1S/C21H26N6O2.HI/c1-5-29-19-12-17(7-8-18(19)28-4)26-21(22-3)25-14-16-6-9-20(24-13-16)27-11-10-23-15(27)2;/h6-13H,5,14H2,1-4H3,(H2,22,25,26);1H. The highest BCUT2D eigenvalue weighted by molar-refractivity contribution is 14.0. The molecule has 0 aliphatic rings. The van der Waals surface area contributed by atoms with Crippen molar-refractivity contribution in [3.8, 4) is 17.3 Å². The first-order valence-electron chi connectivity index (χ1n) is 9.38. The van der Waals surface area contributed by atoms with Crippen LogP contribution in [0, 0.1) is 6.92 Å². The molecule has 0 saturated heterocycles. The number of halogens is 1. The summed E-state index contributed by atoms with van der Waals surface area (Å²) in [7, 11) is 3.35. The molecular formula is C21H27IN6O2. The van der Waals surface area contributed by atoms with E-state index in [4.69, 9.17) is 9.47 Å². The maximum absolute atomic E-state index is 5.62. The lowest BCUT2D eigenvalue weighted by Gasteiger charge is -2.15. The first-order valence-corrected chi connectivity index (χ1v) is 9.38. The number of benzene rings is 1. The van der Waals surface area contributed by atoms with Crippen LogP contribution >= 0.6 is 24.0 Å². The van der Waals surface area contributed by atoms with E-state index in [1.54, 1.807) is 20.4 Å². The number of hydrogen-bond donors (Lipinski definition) is 2. The van der Waals surface area contributed by atoms with Crippen molar-refractivity contribution in [2.75, 3.05) is 26.1 Å². The number of pyridine rings is 1. The molecule has 160 valence electrons. The van der Waals surface area contributed by atoms with Crippen molar-refractivity contribution in [1.29, 1.82) is 0 Å². The van der Waals surface area contributed by atoms with Crippen LogP contribution in [0.4, 0.5) is 5.69 Å². The van der Waals surface area contributed by atoms with Crippen LogP contribution < -0.4 is 20.1 Å². The van der Waals surface area contributed by atoms with Gasteiger partial charge in [0.15, 0.2) is 17.5 Å². The third-order valence-electron chi connectivity index (χ3n) is 4.29. The minimum absolute atomic E-state index is 0. The number of aromatic nitrogens is 3. The van der Waals surface area contributed by atoms with E-state index < -0.39 is 0 Å². The Labute approximate surface area is 193 Å². The lowest BCUT2D eigenvalue weighted by atomic mass is 10.2. The Kier molecular flexibility index (Phi) is 8.90. The zero-order valence-corrected chi connectivity index (χ0v) is 19.9. The minimum Gasteiger partial charge on any atom is -0.493 e. The number of aliphatic imine (C=N–C) groups is 1. The van der Waals surface area contributed by atoms with Gasteiger partial charge in [0.05, 0.1) is 13.7 Å². The number of aryl methyl sites for hydroxylation is 1. The Hall–Kier alpha value is -2.82. The van der Waals surface area contributed by atoms with E-state index >= 15 is 0 Å². The lowest BCUT2D eigenvalue weighted by Crippen LogP contribution is -2.30. The second-order valence-corrected chi connectivity index (χ2v) is 6.22. The fourth-order valence-corrected chi connectivity index (χ4v) is 2.81. The van der Waals surface area contributed by atoms with Gasteiger partial charge in [-0.3, -0.25) is 9.56 Å². The summed E-state index contributed by atoms with van der Waals surface area (Å²) >= 11 is 0. The van der Waals surface area contributed by atoms with Gasteiger partial charge < -0.3 is 20.1 Å². The number of nitrogens with one attached hydrogen (secondary N) is 2. The molecular weight excluding hydrogens is 495 g/mol. The second kappa shape index (κ2) is 11.4. The third-order valence-corrected chi connectivity index (χ3v) is 4.29. The van der Waals surface area contributed by atoms with Gasteiger partial charge in [0.1, 0.15) is 11.6 Å². The van der Waals surface area contributed by atoms with Gasteiger partial charge in [0.2, 0.25) is 0 Å². The SMILES string of the molecule is CCOc1cc(NC(=NC)NCc2ccc(-n3ccnc3C)nc2)ccc1OC.I. The Morgan fingerprint density at radius 3 is 2.60 bits per heavy atom. The summed E-state index contributed by atoms with van der Waals surface area (Å²) in [6.07, 6.45) is 5.50. The molecule has 0 bridgehead atoms. The van der Waals surface area contributed by atoms with Gasteiger partial charge in [0.25, 0.3) is 0 Å². The minimum atomic E-state index is 0. The number of guanidine groups is 1. The van der Waals surface area contributed by atoms with Crippen LogP contribution in [-0.4, -0.2) is 41.3 Å². The van der Waals surface area contributed by atoms with Crippen molar-refractivity contribution in [2.24, 2.45) is 4.99 Å². The molecule has 3 rings (SSSR count). The van der Waals surface area contributed by atoms with Crippen molar-refractivity contribution >= 4 is 35.6 Å². The highest BCUT2D eigenvalue weighted by Gasteiger charge is 2.07. The van der Waals surface area contributed by atoms with E-state index in [-0.39, 0.29) is 24.0 Å². The zero-order chi connectivity index (χ0) is 20.6. The number of nitrogens with zero attached hydrogens (tertiary/aromatic N) is 4. The number of imidazole rings is 1. The Morgan fingerprint density at radius 1 is 1.17 bits per heavy atom. The highest BCUT2D eigenvalue weighted by atomic mass is 127. The molecule has 0 fully saturated rings. The molecule has 30 heavy (non-hydrogen) atoms. The number of methoxy groups -OCH3 is 1. The van der Waals surface area contributed by atoms with E-state index in [0.29, 0.717) is 30.6 Å². The Balaban J connectivity index is 0.00000320. The van der Waals surface area contributed by atoms with Gasteiger partial charge in [-0.05, 0) is 37.6 Å². The summed E-state index contributed by atoms with van der Waals surface area (Å²) in [5, 5.41) is 6.55. The lowest BCUT2D eigenvalue weighted by molar-refractivity contribution is 0.311. The van der Waals surface area contributed by atoms with Crippen molar-refractivity contribution in [2.45, 2.75) is 20.4 Å². The molecule has 0 unspecified atom stereocenters. The fraction of sp³-hybridized carbons (Fsp3) is 0.286. The van der Waals surface area contributed by atoms with E-state index in [1.807, 2.05) is 61.1 Å². The molecule has 2 heterocycles. The Morgan fingerprint density at radius 2 is 2.00 bits per heavy atom. The van der Waals surface area contributed by atoms with Gasteiger partial charge in [-0.2, -0.15) is 0 Å². The summed E-state index contributed by atoms with van der Waals surface area (Å²) in [5.74, 6) is 3.77. The van der Waals surface area contributed by atoms with Gasteiger partial charge in [-0.1, -0.05) is 6.07 Å². The fourth-order valence-electron chi connectivity index (χ4n) is 2.81. The molecule has 0 saturated carbocycles. The number of hydrogen-bond acceptors (Lipinski definition) is 5. The molecule has 0 spiro atoms. The maximum atomic E-state index is 5.62. The van der Waals surface area contributed by atoms with Gasteiger partial charge >= 0.3 is 0 Å². The number of rotatable bonds is 7. The summed E-state index contributed by atoms with van der Waals surface area (Å²) in [6, 6.07) is 9.67. The summed E-state index contributed by atoms with van der Waals surface area (Å²) in [4.78, 5) is 13.0. The van der Waals surface area contributed by atoms with E-state index in [0.717, 1.165) is 22.9 Å². The summed E-state index contributed by atoms with van der Waals surface area (Å²) in [6.45, 7) is 5.04. The highest BCUT2D eigenvalue weighted by Crippen LogP contribution is 2.30. The second-order valence-electron chi connectivity index (χ2n) is 6.22. The molecule has 3 aromatic rings. The van der Waals surface area contributed by atoms with Crippen LogP contribution in [0.3, 0.4) is 0 Å². The smallest absolute Gasteiger partial charge is 0.195 e. The van der Waals surface area contributed by atoms with Crippen LogP contribution in [0.1, 0.15) is 18.3 Å². The van der Waals surface area contributed by atoms with Crippen LogP contribution in [0.25, 0.3) is 5.82 Å². The van der Waals surface area contributed by atoms with Gasteiger partial charge in [-0.25, -0.2) is 9.97 Å². The third kappa shape index (κ3) is 5.85. The van der Waals surface area contributed by atoms with E-state index in [9.17, 15) is 0 Å². The topological polar surface area (TPSA) is 85.6 Å². The van der Waals surface area contributed by atoms with Gasteiger partial charge in [0, 0.05) is 43.9 Å². The molecule has 1 aromatic carbocycles. The average Bonchev–Trinajstić information content (AvgIpc) is 3.18. The zero-order valence-electron chi connectivity index (χ0n) is 17.5. The van der Waals surface area contributed by atoms with Crippen molar-refractivity contribution < 1.29 is 9.47 Å². The first-order chi connectivity index (χ1) is 14.1. The molecule has 0 aliphatic carbocycles. The molecule has 0 amide bonds. The molecule has 0 aliphatic heterocycles. The summed E-state index contributed by atoms with van der Waals surface area (Å²) < 4.78 is 12.9. The quantitative estimate of drug-likeness (QED) is 0.279. The van der Waals surface area contributed by atoms with Gasteiger partial charge in [-0.15, -0.1) is 24.0 Å². The van der Waals surface area contributed by atoms with Crippen LogP contribution in [0.5, 0.6) is 11.5 Å². The monoisotopic (exact) mass is 522 g/mol. The van der Waals surface area contributed by atoms with Crippen LogP contribution in [0.15, 0.2) is 53.9 Å². The number of ether oxygens (including phenoxy) is 2. The molecule has 9 heteroatoms. The molecule has 8 nitrogen and oxygen atoms in total. The van der Waals surface area contributed by atoms with Crippen LogP contribution in [0.2, 0.25) is 0 Å². The first kappa shape index (κ1) is 23.5. The maximum Gasteiger partial charge on any atom is 0.195 e. The predicted octanol–water partition coefficient (Wildman–Crippen LogP) is 3.79. The predicted molar refractivity (Wildman–Crippen MR) is 129 cm³/mol. The molecule has 0 radical (unpaired) electrons. The Bertz CT molecular complexity index is 972.